The molecule has 3 rings (SSSR count). The Morgan fingerprint density at radius 1 is 1.28 bits per heavy atom. The lowest BCUT2D eigenvalue weighted by Crippen LogP contribution is -2.50. The summed E-state index contributed by atoms with van der Waals surface area (Å²) in [4.78, 5) is 0. The summed E-state index contributed by atoms with van der Waals surface area (Å²) in [6.07, 6.45) is 3.82. The van der Waals surface area contributed by atoms with E-state index in [9.17, 15) is 0 Å². The van der Waals surface area contributed by atoms with E-state index in [-0.39, 0.29) is 0 Å². The van der Waals surface area contributed by atoms with Gasteiger partial charge in [-0.15, -0.1) is 0 Å². The zero-order valence-electron chi connectivity index (χ0n) is 15.6. The van der Waals surface area contributed by atoms with Gasteiger partial charge in [0.25, 0.3) is 0 Å². The standard InChI is InChI=1S/C20H32N2O3/c1-15-6-7-16(20(12-15)25-11-10-23-2)13-22-18-5-3-4-17(18)19-14-24-9-8-21-19/h6-7,12,17-19,21-22H,3-5,8-11,13-14H2,1-2H3. The molecule has 1 aromatic carbocycles. The number of hydrogen-bond donors (Lipinski definition) is 2. The molecule has 3 unspecified atom stereocenters. The largest absolute Gasteiger partial charge is 0.491 e. The third-order valence-corrected chi connectivity index (χ3v) is 5.36. The molecular formula is C20H32N2O3. The molecular weight excluding hydrogens is 316 g/mol. The molecule has 1 saturated carbocycles. The van der Waals surface area contributed by atoms with Crippen LogP contribution in [-0.4, -0.2) is 52.2 Å². The molecule has 5 nitrogen and oxygen atoms in total. The van der Waals surface area contributed by atoms with Crippen molar-refractivity contribution in [2.75, 3.05) is 40.1 Å². The van der Waals surface area contributed by atoms with Gasteiger partial charge in [-0.05, 0) is 37.3 Å². The van der Waals surface area contributed by atoms with Crippen molar-refractivity contribution in [3.05, 3.63) is 29.3 Å². The number of ether oxygens (including phenoxy) is 3. The highest BCUT2D eigenvalue weighted by atomic mass is 16.5. The fraction of sp³-hybridized carbons (Fsp3) is 0.700. The molecule has 1 aliphatic carbocycles. The van der Waals surface area contributed by atoms with Crippen molar-refractivity contribution in [3.8, 4) is 5.75 Å². The molecule has 0 amide bonds. The fourth-order valence-electron chi connectivity index (χ4n) is 4.00. The monoisotopic (exact) mass is 348 g/mol. The Balaban J connectivity index is 1.58. The van der Waals surface area contributed by atoms with Crippen molar-refractivity contribution in [1.82, 2.24) is 10.6 Å². The van der Waals surface area contributed by atoms with Crippen molar-refractivity contribution in [2.45, 2.75) is 44.8 Å². The number of morpholine rings is 1. The summed E-state index contributed by atoms with van der Waals surface area (Å²) in [5.41, 5.74) is 2.44. The van der Waals surface area contributed by atoms with E-state index in [1.807, 2.05) is 0 Å². The maximum atomic E-state index is 5.92. The molecule has 1 aromatic rings. The van der Waals surface area contributed by atoms with Gasteiger partial charge in [0, 0.05) is 37.8 Å². The first kappa shape index (κ1) is 18.6. The molecule has 0 aromatic heterocycles. The van der Waals surface area contributed by atoms with E-state index < -0.39 is 0 Å². The molecule has 25 heavy (non-hydrogen) atoms. The minimum atomic E-state index is 0.490. The second-order valence-corrected chi connectivity index (χ2v) is 7.17. The summed E-state index contributed by atoms with van der Waals surface area (Å²) in [5, 5.41) is 7.43. The minimum absolute atomic E-state index is 0.490. The van der Waals surface area contributed by atoms with Crippen molar-refractivity contribution < 1.29 is 14.2 Å². The number of rotatable bonds is 8. The van der Waals surface area contributed by atoms with Gasteiger partial charge in [0.1, 0.15) is 12.4 Å². The van der Waals surface area contributed by atoms with Crippen LogP contribution >= 0.6 is 0 Å². The van der Waals surface area contributed by atoms with Gasteiger partial charge in [-0.25, -0.2) is 0 Å². The molecule has 2 fully saturated rings. The Morgan fingerprint density at radius 3 is 3.00 bits per heavy atom. The molecule has 1 saturated heterocycles. The molecule has 1 aliphatic heterocycles. The van der Waals surface area contributed by atoms with E-state index in [0.717, 1.165) is 32.1 Å². The Hall–Kier alpha value is -1.14. The summed E-state index contributed by atoms with van der Waals surface area (Å²) >= 11 is 0. The maximum absolute atomic E-state index is 5.92. The highest BCUT2D eigenvalue weighted by Crippen LogP contribution is 2.30. The molecule has 140 valence electrons. The molecule has 5 heteroatoms. The third kappa shape index (κ3) is 5.17. The maximum Gasteiger partial charge on any atom is 0.124 e. The Labute approximate surface area is 151 Å². The lowest BCUT2D eigenvalue weighted by Gasteiger charge is -2.33. The fourth-order valence-corrected chi connectivity index (χ4v) is 4.00. The summed E-state index contributed by atoms with van der Waals surface area (Å²) in [7, 11) is 1.70. The lowest BCUT2D eigenvalue weighted by atomic mass is 9.94. The SMILES string of the molecule is COCCOc1cc(C)ccc1CNC1CCCC1C1COCCN1. The van der Waals surface area contributed by atoms with Gasteiger partial charge < -0.3 is 24.8 Å². The Bertz CT molecular complexity index is 532. The van der Waals surface area contributed by atoms with Crippen molar-refractivity contribution in [1.29, 1.82) is 0 Å². The lowest BCUT2D eigenvalue weighted by molar-refractivity contribution is 0.0524. The third-order valence-electron chi connectivity index (χ3n) is 5.36. The summed E-state index contributed by atoms with van der Waals surface area (Å²) in [6, 6.07) is 7.49. The summed E-state index contributed by atoms with van der Waals surface area (Å²) < 4.78 is 16.7. The van der Waals surface area contributed by atoms with Crippen LogP contribution in [0.4, 0.5) is 0 Å². The van der Waals surface area contributed by atoms with Gasteiger partial charge in [0.2, 0.25) is 0 Å². The number of aryl methyl sites for hydroxylation is 1. The van der Waals surface area contributed by atoms with Crippen LogP contribution in [0, 0.1) is 12.8 Å². The molecule has 0 radical (unpaired) electrons. The molecule has 0 bridgehead atoms. The van der Waals surface area contributed by atoms with E-state index in [1.54, 1.807) is 7.11 Å². The average molecular weight is 348 g/mol. The number of benzene rings is 1. The summed E-state index contributed by atoms with van der Waals surface area (Å²) in [5.74, 6) is 1.63. The van der Waals surface area contributed by atoms with Gasteiger partial charge in [0.15, 0.2) is 0 Å². The first-order valence-electron chi connectivity index (χ1n) is 9.53. The van der Waals surface area contributed by atoms with Crippen LogP contribution in [0.25, 0.3) is 0 Å². The van der Waals surface area contributed by atoms with Crippen molar-refractivity contribution in [3.63, 3.8) is 0 Å². The Morgan fingerprint density at radius 2 is 2.20 bits per heavy atom. The summed E-state index contributed by atoms with van der Waals surface area (Å²) in [6.45, 7) is 6.80. The zero-order chi connectivity index (χ0) is 17.5. The van der Waals surface area contributed by atoms with E-state index >= 15 is 0 Å². The van der Waals surface area contributed by atoms with Crippen LogP contribution in [0.3, 0.4) is 0 Å². The minimum Gasteiger partial charge on any atom is -0.491 e. The molecule has 2 N–H and O–H groups in total. The van der Waals surface area contributed by atoms with E-state index in [1.165, 1.54) is 30.4 Å². The second kappa shape index (κ2) is 9.53. The van der Waals surface area contributed by atoms with Gasteiger partial charge in [0.05, 0.1) is 19.8 Å². The van der Waals surface area contributed by atoms with E-state index in [2.05, 4.69) is 35.8 Å². The van der Waals surface area contributed by atoms with Crippen LogP contribution in [0.1, 0.15) is 30.4 Å². The number of hydrogen-bond acceptors (Lipinski definition) is 5. The van der Waals surface area contributed by atoms with Crippen molar-refractivity contribution >= 4 is 0 Å². The first-order chi connectivity index (χ1) is 12.3. The molecule has 2 aliphatic rings. The van der Waals surface area contributed by atoms with Crippen LogP contribution in [0.5, 0.6) is 5.75 Å². The number of nitrogens with one attached hydrogen (secondary N) is 2. The van der Waals surface area contributed by atoms with Gasteiger partial charge in [-0.1, -0.05) is 18.6 Å². The number of methoxy groups -OCH3 is 1. The normalized spacial score (nSPS) is 26.7. The van der Waals surface area contributed by atoms with Gasteiger partial charge in [-0.2, -0.15) is 0 Å². The van der Waals surface area contributed by atoms with Gasteiger partial charge in [-0.3, -0.25) is 0 Å². The van der Waals surface area contributed by atoms with Gasteiger partial charge >= 0.3 is 0 Å². The van der Waals surface area contributed by atoms with Crippen LogP contribution in [-0.2, 0) is 16.0 Å². The average Bonchev–Trinajstić information content (AvgIpc) is 3.10. The second-order valence-electron chi connectivity index (χ2n) is 7.17. The first-order valence-corrected chi connectivity index (χ1v) is 9.53. The highest BCUT2D eigenvalue weighted by Gasteiger charge is 2.34. The van der Waals surface area contributed by atoms with E-state index in [4.69, 9.17) is 14.2 Å². The van der Waals surface area contributed by atoms with Crippen LogP contribution in [0.15, 0.2) is 18.2 Å². The zero-order valence-corrected chi connectivity index (χ0v) is 15.6. The smallest absolute Gasteiger partial charge is 0.124 e. The quantitative estimate of drug-likeness (QED) is 0.706. The Kier molecular flexibility index (Phi) is 7.11. The predicted octanol–water partition coefficient (Wildman–Crippen LogP) is 2.27. The topological polar surface area (TPSA) is 51.8 Å². The molecule has 1 heterocycles. The molecule has 0 spiro atoms. The molecule has 3 atom stereocenters. The highest BCUT2D eigenvalue weighted by molar-refractivity contribution is 5.37. The van der Waals surface area contributed by atoms with Crippen LogP contribution < -0.4 is 15.4 Å². The van der Waals surface area contributed by atoms with Crippen LogP contribution in [0.2, 0.25) is 0 Å². The van der Waals surface area contributed by atoms with E-state index in [0.29, 0.717) is 31.2 Å². The predicted molar refractivity (Wildman–Crippen MR) is 99.1 cm³/mol. The van der Waals surface area contributed by atoms with Crippen molar-refractivity contribution in [2.24, 2.45) is 5.92 Å².